The molecule has 1 unspecified atom stereocenters. The van der Waals surface area contributed by atoms with Crippen LogP contribution in [0.1, 0.15) is 56.7 Å². The van der Waals surface area contributed by atoms with E-state index in [1.54, 1.807) is 0 Å². The Hall–Kier alpha value is -1.84. The molecule has 0 saturated carbocycles. The van der Waals surface area contributed by atoms with Crippen molar-refractivity contribution < 1.29 is 14.7 Å². The van der Waals surface area contributed by atoms with Crippen LogP contribution in [0.4, 0.5) is 0 Å². The molecule has 116 valence electrons. The van der Waals surface area contributed by atoms with Gasteiger partial charge in [0.1, 0.15) is 0 Å². The lowest BCUT2D eigenvalue weighted by Gasteiger charge is -2.24. The molecule has 0 fully saturated rings. The van der Waals surface area contributed by atoms with Gasteiger partial charge in [0.25, 0.3) is 0 Å². The van der Waals surface area contributed by atoms with Gasteiger partial charge < -0.3 is 10.4 Å². The molecule has 1 atom stereocenters. The summed E-state index contributed by atoms with van der Waals surface area (Å²) in [6.07, 6.45) is 1.65. The number of hydrogen-bond acceptors (Lipinski definition) is 2. The van der Waals surface area contributed by atoms with Crippen molar-refractivity contribution in [3.63, 3.8) is 0 Å². The van der Waals surface area contributed by atoms with Gasteiger partial charge in [-0.2, -0.15) is 0 Å². The van der Waals surface area contributed by atoms with Gasteiger partial charge in [-0.25, -0.2) is 0 Å². The minimum absolute atomic E-state index is 0.00169. The van der Waals surface area contributed by atoms with Crippen molar-refractivity contribution in [1.82, 2.24) is 5.32 Å². The quantitative estimate of drug-likeness (QED) is 0.721. The van der Waals surface area contributed by atoms with Crippen LogP contribution in [-0.4, -0.2) is 17.0 Å². The predicted molar refractivity (Wildman–Crippen MR) is 83.0 cm³/mol. The van der Waals surface area contributed by atoms with Gasteiger partial charge >= 0.3 is 5.97 Å². The normalized spacial score (nSPS) is 12.2. The lowest BCUT2D eigenvalue weighted by Crippen LogP contribution is -2.32. The van der Waals surface area contributed by atoms with Crippen molar-refractivity contribution in [3.05, 3.63) is 35.4 Å². The average molecular weight is 291 g/mol. The number of nitrogens with one attached hydrogen (secondary N) is 1. The molecule has 1 aromatic rings. The third kappa shape index (κ3) is 5.98. The molecule has 0 aliphatic carbocycles. The summed E-state index contributed by atoms with van der Waals surface area (Å²) in [6.45, 7) is 6.22. The molecular weight excluding hydrogens is 266 g/mol. The molecule has 0 spiro atoms. The average Bonchev–Trinajstić information content (AvgIpc) is 2.41. The maximum absolute atomic E-state index is 12.0. The standard InChI is InChI=1S/C17H25NO3/c1-12(2)17(14-9-5-4-8-13(14)3)18-15(19)10-6-7-11-16(20)21/h4-5,8-9,12,17H,6-7,10-11H2,1-3H3,(H,18,19)(H,20,21). The maximum atomic E-state index is 12.0. The molecule has 2 N–H and O–H groups in total. The van der Waals surface area contributed by atoms with Crippen molar-refractivity contribution in [2.24, 2.45) is 5.92 Å². The second-order valence-electron chi connectivity index (χ2n) is 5.75. The number of rotatable bonds is 8. The van der Waals surface area contributed by atoms with Crippen LogP contribution in [0.5, 0.6) is 0 Å². The van der Waals surface area contributed by atoms with Gasteiger partial charge in [0.2, 0.25) is 5.91 Å². The van der Waals surface area contributed by atoms with E-state index in [1.807, 2.05) is 31.2 Å². The smallest absolute Gasteiger partial charge is 0.303 e. The first-order valence-corrected chi connectivity index (χ1v) is 7.48. The fraction of sp³-hybridized carbons (Fsp3) is 0.529. The van der Waals surface area contributed by atoms with Gasteiger partial charge in [-0.05, 0) is 36.8 Å². The lowest BCUT2D eigenvalue weighted by molar-refractivity contribution is -0.137. The summed E-state index contributed by atoms with van der Waals surface area (Å²) in [5, 5.41) is 11.7. The van der Waals surface area contributed by atoms with Crippen LogP contribution < -0.4 is 5.32 Å². The highest BCUT2D eigenvalue weighted by Gasteiger charge is 2.19. The number of carbonyl (C=O) groups excluding carboxylic acids is 1. The molecule has 4 heteroatoms. The molecule has 0 saturated heterocycles. The zero-order chi connectivity index (χ0) is 15.8. The molecule has 0 aliphatic heterocycles. The van der Waals surface area contributed by atoms with Gasteiger partial charge in [-0.1, -0.05) is 38.1 Å². The molecule has 4 nitrogen and oxygen atoms in total. The Morgan fingerprint density at radius 2 is 1.76 bits per heavy atom. The Balaban J connectivity index is 2.57. The van der Waals surface area contributed by atoms with E-state index in [0.717, 1.165) is 5.56 Å². The first-order valence-electron chi connectivity index (χ1n) is 7.48. The third-order valence-electron chi connectivity index (χ3n) is 3.55. The fourth-order valence-corrected chi connectivity index (χ4v) is 2.35. The number of benzene rings is 1. The Bertz CT molecular complexity index is 483. The van der Waals surface area contributed by atoms with Gasteiger partial charge in [-0.3, -0.25) is 9.59 Å². The Labute approximate surface area is 126 Å². The van der Waals surface area contributed by atoms with E-state index < -0.39 is 5.97 Å². The van der Waals surface area contributed by atoms with E-state index in [1.165, 1.54) is 5.56 Å². The van der Waals surface area contributed by atoms with Crippen LogP contribution in [0.25, 0.3) is 0 Å². The molecular formula is C17H25NO3. The predicted octanol–water partition coefficient (Wildman–Crippen LogP) is 3.45. The van der Waals surface area contributed by atoms with Crippen molar-refractivity contribution >= 4 is 11.9 Å². The van der Waals surface area contributed by atoms with Gasteiger partial charge in [0.15, 0.2) is 0 Å². The van der Waals surface area contributed by atoms with Crippen LogP contribution in [0, 0.1) is 12.8 Å². The first kappa shape index (κ1) is 17.2. The monoisotopic (exact) mass is 291 g/mol. The number of unbranched alkanes of at least 4 members (excludes halogenated alkanes) is 1. The molecule has 0 aliphatic rings. The molecule has 0 radical (unpaired) electrons. The van der Waals surface area contributed by atoms with Crippen molar-refractivity contribution in [1.29, 1.82) is 0 Å². The van der Waals surface area contributed by atoms with E-state index in [-0.39, 0.29) is 18.4 Å². The second-order valence-corrected chi connectivity index (χ2v) is 5.75. The topological polar surface area (TPSA) is 66.4 Å². The van der Waals surface area contributed by atoms with Crippen LogP contribution >= 0.6 is 0 Å². The Kier molecular flexibility index (Phi) is 6.92. The zero-order valence-electron chi connectivity index (χ0n) is 13.1. The van der Waals surface area contributed by atoms with Crippen LogP contribution in [0.15, 0.2) is 24.3 Å². The van der Waals surface area contributed by atoms with Gasteiger partial charge in [-0.15, -0.1) is 0 Å². The SMILES string of the molecule is Cc1ccccc1C(NC(=O)CCCCC(=O)O)C(C)C. The number of aliphatic carboxylic acids is 1. The fourth-order valence-electron chi connectivity index (χ4n) is 2.35. The molecule has 0 aromatic heterocycles. The van der Waals surface area contributed by atoms with Crippen molar-refractivity contribution in [3.8, 4) is 0 Å². The third-order valence-corrected chi connectivity index (χ3v) is 3.55. The summed E-state index contributed by atoms with van der Waals surface area (Å²) in [4.78, 5) is 22.5. The summed E-state index contributed by atoms with van der Waals surface area (Å²) in [5.74, 6) is -0.521. The highest BCUT2D eigenvalue weighted by atomic mass is 16.4. The van der Waals surface area contributed by atoms with E-state index in [2.05, 4.69) is 19.2 Å². The number of carboxylic acid groups (broad SMARTS) is 1. The summed E-state index contributed by atoms with van der Waals surface area (Å²) >= 11 is 0. The number of hydrogen-bond donors (Lipinski definition) is 2. The summed E-state index contributed by atoms with van der Waals surface area (Å²) in [6, 6.07) is 8.06. The van der Waals surface area contributed by atoms with Gasteiger partial charge in [0, 0.05) is 12.8 Å². The van der Waals surface area contributed by atoms with Crippen LogP contribution in [0.2, 0.25) is 0 Å². The number of carbonyl (C=O) groups is 2. The number of amides is 1. The Morgan fingerprint density at radius 3 is 2.33 bits per heavy atom. The zero-order valence-corrected chi connectivity index (χ0v) is 13.1. The highest BCUT2D eigenvalue weighted by Crippen LogP contribution is 2.24. The van der Waals surface area contributed by atoms with E-state index in [4.69, 9.17) is 5.11 Å². The van der Waals surface area contributed by atoms with Crippen LogP contribution in [-0.2, 0) is 9.59 Å². The minimum Gasteiger partial charge on any atom is -0.481 e. The summed E-state index contributed by atoms with van der Waals surface area (Å²) < 4.78 is 0. The first-order chi connectivity index (χ1) is 9.91. The van der Waals surface area contributed by atoms with Crippen LogP contribution in [0.3, 0.4) is 0 Å². The van der Waals surface area contributed by atoms with E-state index >= 15 is 0 Å². The van der Waals surface area contributed by atoms with E-state index in [0.29, 0.717) is 25.2 Å². The molecule has 1 aromatic carbocycles. The molecule has 1 amide bonds. The van der Waals surface area contributed by atoms with Crippen molar-refractivity contribution in [2.75, 3.05) is 0 Å². The minimum atomic E-state index is -0.810. The molecule has 0 bridgehead atoms. The molecule has 1 rings (SSSR count). The second kappa shape index (κ2) is 8.45. The highest BCUT2D eigenvalue weighted by molar-refractivity contribution is 5.76. The Morgan fingerprint density at radius 1 is 1.14 bits per heavy atom. The molecule has 0 heterocycles. The van der Waals surface area contributed by atoms with Crippen molar-refractivity contribution in [2.45, 2.75) is 52.5 Å². The summed E-state index contributed by atoms with van der Waals surface area (Å²) in [5.41, 5.74) is 2.31. The van der Waals surface area contributed by atoms with Gasteiger partial charge in [0.05, 0.1) is 6.04 Å². The maximum Gasteiger partial charge on any atom is 0.303 e. The number of carboxylic acids is 1. The van der Waals surface area contributed by atoms with E-state index in [9.17, 15) is 9.59 Å². The molecule has 21 heavy (non-hydrogen) atoms. The summed E-state index contributed by atoms with van der Waals surface area (Å²) in [7, 11) is 0. The number of aryl methyl sites for hydroxylation is 1. The largest absolute Gasteiger partial charge is 0.481 e. The lowest BCUT2D eigenvalue weighted by atomic mass is 9.92.